The number of thioether (sulfide) groups is 1. The molecule has 4 rings (SSSR count). The van der Waals surface area contributed by atoms with Gasteiger partial charge in [-0.05, 0) is 67.1 Å². The molecule has 3 aromatic carbocycles. The van der Waals surface area contributed by atoms with Crippen LogP contribution in [0.4, 0.5) is 24.5 Å². The van der Waals surface area contributed by atoms with E-state index >= 15 is 0 Å². The zero-order valence-electron chi connectivity index (χ0n) is 20.4. The number of ether oxygens (including phenoxy) is 3. The van der Waals surface area contributed by atoms with Crippen molar-refractivity contribution in [2.24, 2.45) is 0 Å². The number of thiocarbonyl (C=S) groups is 1. The first-order valence-corrected chi connectivity index (χ1v) is 12.5. The van der Waals surface area contributed by atoms with Crippen LogP contribution >= 0.6 is 24.0 Å². The number of hydrogen-bond acceptors (Lipinski definition) is 8. The van der Waals surface area contributed by atoms with E-state index in [1.54, 1.807) is 49.4 Å². The summed E-state index contributed by atoms with van der Waals surface area (Å²) in [6.45, 7) is 1.91. The van der Waals surface area contributed by atoms with Crippen LogP contribution in [0.5, 0.6) is 23.0 Å². The van der Waals surface area contributed by atoms with Crippen molar-refractivity contribution >= 4 is 51.7 Å². The molecule has 1 fully saturated rings. The monoisotopic (exact) mass is 576 g/mol. The Balaban J connectivity index is 1.63. The van der Waals surface area contributed by atoms with Gasteiger partial charge in [0.25, 0.3) is 5.91 Å². The molecular weight excluding hydrogens is 557 g/mol. The molecule has 1 saturated heterocycles. The van der Waals surface area contributed by atoms with Gasteiger partial charge in [-0.2, -0.15) is 13.2 Å². The second-order valence-electron chi connectivity index (χ2n) is 7.89. The Labute approximate surface area is 230 Å². The fourth-order valence-electron chi connectivity index (χ4n) is 3.58. The topological polar surface area (TPSA) is 91.1 Å². The number of carbonyl (C=O) groups is 1. The summed E-state index contributed by atoms with van der Waals surface area (Å²) in [5, 5.41) is 11.4. The lowest BCUT2D eigenvalue weighted by Crippen LogP contribution is -2.27. The first-order chi connectivity index (χ1) is 18.5. The molecule has 0 spiro atoms. The molecule has 39 heavy (non-hydrogen) atoms. The number of amides is 1. The molecular formula is C26H19F3N2O6S2. The molecule has 8 nitrogen and oxygen atoms in total. The second-order valence-corrected chi connectivity index (χ2v) is 9.57. The van der Waals surface area contributed by atoms with Crippen molar-refractivity contribution in [2.45, 2.75) is 13.1 Å². The third kappa shape index (κ3) is 6.15. The first-order valence-electron chi connectivity index (χ1n) is 11.2. The van der Waals surface area contributed by atoms with Crippen molar-refractivity contribution in [1.82, 2.24) is 0 Å². The van der Waals surface area contributed by atoms with E-state index in [-0.39, 0.29) is 29.8 Å². The number of halogens is 3. The lowest BCUT2D eigenvalue weighted by molar-refractivity contribution is -0.385. The average Bonchev–Trinajstić information content (AvgIpc) is 3.17. The molecule has 1 aliphatic heterocycles. The first kappa shape index (κ1) is 27.9. The van der Waals surface area contributed by atoms with Crippen molar-refractivity contribution in [1.29, 1.82) is 0 Å². The zero-order valence-corrected chi connectivity index (χ0v) is 22.0. The molecule has 0 radical (unpaired) electrons. The zero-order chi connectivity index (χ0) is 28.3. The van der Waals surface area contributed by atoms with Gasteiger partial charge in [0.1, 0.15) is 5.75 Å². The Hall–Kier alpha value is -4.10. The number of nitro benzene ring substituents is 1. The molecule has 0 bridgehead atoms. The molecule has 3 aromatic rings. The maximum Gasteiger partial charge on any atom is 0.416 e. The van der Waals surface area contributed by atoms with Crippen LogP contribution in [-0.2, 0) is 11.0 Å². The maximum absolute atomic E-state index is 13.1. The molecule has 1 aliphatic rings. The molecule has 13 heteroatoms. The number of benzene rings is 3. The third-order valence-corrected chi connectivity index (χ3v) is 6.69. The molecule has 0 aliphatic carbocycles. The summed E-state index contributed by atoms with van der Waals surface area (Å²) >= 11 is 6.52. The third-order valence-electron chi connectivity index (χ3n) is 5.39. The van der Waals surface area contributed by atoms with Gasteiger partial charge in [-0.3, -0.25) is 19.8 Å². The van der Waals surface area contributed by atoms with Crippen LogP contribution in [0, 0.1) is 10.1 Å². The summed E-state index contributed by atoms with van der Waals surface area (Å²) in [5.74, 6) is 0.136. The van der Waals surface area contributed by atoms with Crippen LogP contribution in [-0.4, -0.2) is 28.9 Å². The summed E-state index contributed by atoms with van der Waals surface area (Å²) < 4.78 is 55.8. The fraction of sp³-hybridized carbons (Fsp3) is 0.154. The normalized spacial score (nSPS) is 14.6. The van der Waals surface area contributed by atoms with Crippen molar-refractivity contribution < 1.29 is 37.1 Å². The Bertz CT molecular complexity index is 1480. The van der Waals surface area contributed by atoms with Crippen LogP contribution in [0.2, 0.25) is 0 Å². The lowest BCUT2D eigenvalue weighted by Gasteiger charge is -2.15. The number of carbonyl (C=O) groups excluding carboxylic acids is 1. The summed E-state index contributed by atoms with van der Waals surface area (Å²) in [4.78, 5) is 25.3. The van der Waals surface area contributed by atoms with Gasteiger partial charge in [0.15, 0.2) is 15.8 Å². The van der Waals surface area contributed by atoms with E-state index in [0.717, 1.165) is 17.8 Å². The van der Waals surface area contributed by atoms with E-state index in [2.05, 4.69) is 0 Å². The summed E-state index contributed by atoms with van der Waals surface area (Å²) in [5.41, 5.74) is -0.894. The molecule has 0 saturated carbocycles. The standard InChI is InChI=1S/C26H19F3N2O6S2/c1-3-36-22-12-15(13-23-24(32)30(25(38)39-23)17-6-8-18(35-2)9-7-17)4-10-21(22)37-20-11-5-16(26(27,28)29)14-19(20)31(33)34/h4-14H,3H2,1-2H3/b23-13-. The fourth-order valence-corrected chi connectivity index (χ4v) is 4.88. The molecule has 1 amide bonds. The van der Waals surface area contributed by atoms with Gasteiger partial charge < -0.3 is 14.2 Å². The molecule has 0 N–H and O–H groups in total. The minimum Gasteiger partial charge on any atom is -0.497 e. The van der Waals surface area contributed by atoms with Crippen LogP contribution in [0.1, 0.15) is 18.1 Å². The Morgan fingerprint density at radius 3 is 2.36 bits per heavy atom. The average molecular weight is 577 g/mol. The number of nitro groups is 1. The Kier molecular flexibility index (Phi) is 8.11. The van der Waals surface area contributed by atoms with E-state index in [0.29, 0.717) is 38.4 Å². The van der Waals surface area contributed by atoms with Crippen LogP contribution < -0.4 is 19.1 Å². The summed E-state index contributed by atoms with van der Waals surface area (Å²) in [6.07, 6.45) is -3.15. The minimum absolute atomic E-state index is 0.0441. The SMILES string of the molecule is CCOc1cc(/C=C2\SC(=S)N(c3ccc(OC)cc3)C2=O)ccc1Oc1ccc(C(F)(F)F)cc1[N+](=O)[O-]. The van der Waals surface area contributed by atoms with Gasteiger partial charge in [0.2, 0.25) is 5.75 Å². The Morgan fingerprint density at radius 2 is 1.74 bits per heavy atom. The van der Waals surface area contributed by atoms with E-state index < -0.39 is 22.4 Å². The van der Waals surface area contributed by atoms with E-state index in [9.17, 15) is 28.1 Å². The second kappa shape index (κ2) is 11.3. The van der Waals surface area contributed by atoms with Gasteiger partial charge in [-0.25, -0.2) is 0 Å². The van der Waals surface area contributed by atoms with Crippen LogP contribution in [0.3, 0.4) is 0 Å². The summed E-state index contributed by atoms with van der Waals surface area (Å²) in [7, 11) is 1.54. The van der Waals surface area contributed by atoms with Gasteiger partial charge in [0.05, 0.1) is 34.8 Å². The van der Waals surface area contributed by atoms with Gasteiger partial charge in [0, 0.05) is 6.07 Å². The minimum atomic E-state index is -4.75. The van der Waals surface area contributed by atoms with Gasteiger partial charge in [-0.15, -0.1) is 0 Å². The quantitative estimate of drug-likeness (QED) is 0.120. The number of hydrogen-bond donors (Lipinski definition) is 0. The number of nitrogens with zero attached hydrogens (tertiary/aromatic N) is 2. The molecule has 0 unspecified atom stereocenters. The highest BCUT2D eigenvalue weighted by molar-refractivity contribution is 8.27. The Morgan fingerprint density at radius 1 is 1.05 bits per heavy atom. The molecule has 0 aromatic heterocycles. The number of anilines is 1. The highest BCUT2D eigenvalue weighted by Crippen LogP contribution is 2.41. The van der Waals surface area contributed by atoms with Crippen molar-refractivity contribution in [3.8, 4) is 23.0 Å². The molecule has 202 valence electrons. The maximum atomic E-state index is 13.1. The van der Waals surface area contributed by atoms with Crippen molar-refractivity contribution in [2.75, 3.05) is 18.6 Å². The smallest absolute Gasteiger partial charge is 0.416 e. The van der Waals surface area contributed by atoms with Gasteiger partial charge in [-0.1, -0.05) is 30.0 Å². The van der Waals surface area contributed by atoms with E-state index in [1.807, 2.05) is 0 Å². The lowest BCUT2D eigenvalue weighted by atomic mass is 10.1. The summed E-state index contributed by atoms with van der Waals surface area (Å²) in [6, 6.07) is 13.4. The largest absolute Gasteiger partial charge is 0.497 e. The number of rotatable bonds is 8. The predicted molar refractivity (Wildman–Crippen MR) is 144 cm³/mol. The highest BCUT2D eigenvalue weighted by atomic mass is 32.2. The van der Waals surface area contributed by atoms with Crippen molar-refractivity contribution in [3.63, 3.8) is 0 Å². The predicted octanol–water partition coefficient (Wildman–Crippen LogP) is 7.22. The van der Waals surface area contributed by atoms with Crippen LogP contribution in [0.25, 0.3) is 6.08 Å². The van der Waals surface area contributed by atoms with Crippen molar-refractivity contribution in [3.05, 3.63) is 86.8 Å². The number of methoxy groups -OCH3 is 1. The van der Waals surface area contributed by atoms with Gasteiger partial charge >= 0.3 is 11.9 Å². The molecule has 0 atom stereocenters. The van der Waals surface area contributed by atoms with E-state index in [1.165, 1.54) is 18.1 Å². The van der Waals surface area contributed by atoms with E-state index in [4.69, 9.17) is 26.4 Å². The highest BCUT2D eigenvalue weighted by Gasteiger charge is 2.34. The molecule has 1 heterocycles. The van der Waals surface area contributed by atoms with Crippen LogP contribution in [0.15, 0.2) is 65.6 Å². The number of alkyl halides is 3.